The van der Waals surface area contributed by atoms with E-state index in [1.165, 1.54) is 44.2 Å². The SMILES string of the molecule is CC1(C)c2ccccc2-c2cccc(-c3cccc4ccc(-c5cccc6c7ccccc7n(-c7nc(-c8ccccc8)nc(-c8ccccc8)n7)c56)cc34)c21. The summed E-state index contributed by atoms with van der Waals surface area (Å²) in [5, 5.41) is 4.73. The number of para-hydroxylation sites is 2. The van der Waals surface area contributed by atoms with Crippen LogP contribution in [0.4, 0.5) is 0 Å². The molecule has 0 N–H and O–H groups in total. The van der Waals surface area contributed by atoms with Gasteiger partial charge in [-0.1, -0.05) is 184 Å². The molecule has 0 aliphatic heterocycles. The van der Waals surface area contributed by atoms with Crippen molar-refractivity contribution >= 4 is 32.6 Å². The van der Waals surface area contributed by atoms with E-state index < -0.39 is 0 Å². The van der Waals surface area contributed by atoms with Crippen LogP contribution in [0.25, 0.3) is 94.7 Å². The van der Waals surface area contributed by atoms with Crippen molar-refractivity contribution in [1.82, 2.24) is 19.5 Å². The quantitative estimate of drug-likeness (QED) is 0.178. The maximum absolute atomic E-state index is 5.22. The summed E-state index contributed by atoms with van der Waals surface area (Å²) < 4.78 is 2.24. The van der Waals surface area contributed by atoms with Gasteiger partial charge in [0.25, 0.3) is 0 Å². The molecule has 1 aliphatic rings. The first-order valence-electron chi connectivity index (χ1n) is 19.2. The van der Waals surface area contributed by atoms with Gasteiger partial charge in [-0.25, -0.2) is 4.98 Å². The van der Waals surface area contributed by atoms with Gasteiger partial charge in [0, 0.05) is 32.9 Å². The Balaban J connectivity index is 1.16. The molecule has 11 rings (SSSR count). The Hall–Kier alpha value is -7.17. The van der Waals surface area contributed by atoms with Gasteiger partial charge in [-0.15, -0.1) is 0 Å². The van der Waals surface area contributed by atoms with Gasteiger partial charge < -0.3 is 0 Å². The summed E-state index contributed by atoms with van der Waals surface area (Å²) in [5.41, 5.74) is 14.1. The van der Waals surface area contributed by atoms with Gasteiger partial charge in [0.15, 0.2) is 11.6 Å². The molecule has 0 amide bonds. The molecule has 56 heavy (non-hydrogen) atoms. The fourth-order valence-electron chi connectivity index (χ4n) is 9.10. The second-order valence-corrected chi connectivity index (χ2v) is 15.2. The molecule has 10 aromatic rings. The van der Waals surface area contributed by atoms with Crippen molar-refractivity contribution in [3.8, 4) is 62.1 Å². The van der Waals surface area contributed by atoms with E-state index in [-0.39, 0.29) is 5.41 Å². The molecular weight excluding hydrogens is 681 g/mol. The minimum atomic E-state index is -0.128. The van der Waals surface area contributed by atoms with Gasteiger partial charge in [-0.3, -0.25) is 4.57 Å². The summed E-state index contributed by atoms with van der Waals surface area (Å²) >= 11 is 0. The number of benzene rings is 8. The molecule has 0 radical (unpaired) electrons. The second-order valence-electron chi connectivity index (χ2n) is 15.2. The molecular formula is C52H36N4. The zero-order valence-electron chi connectivity index (χ0n) is 31.1. The summed E-state index contributed by atoms with van der Waals surface area (Å²) in [7, 11) is 0. The zero-order valence-corrected chi connectivity index (χ0v) is 31.1. The summed E-state index contributed by atoms with van der Waals surface area (Å²) in [4.78, 5) is 15.4. The number of nitrogens with zero attached hydrogens (tertiary/aromatic N) is 4. The van der Waals surface area contributed by atoms with Crippen LogP contribution in [0.1, 0.15) is 25.0 Å². The third kappa shape index (κ3) is 4.89. The third-order valence-electron chi connectivity index (χ3n) is 11.6. The molecule has 0 atom stereocenters. The lowest BCUT2D eigenvalue weighted by molar-refractivity contribution is 0.662. The highest BCUT2D eigenvalue weighted by molar-refractivity contribution is 6.14. The Kier molecular flexibility index (Phi) is 7.17. The molecule has 0 saturated carbocycles. The predicted octanol–water partition coefficient (Wildman–Crippen LogP) is 13.1. The molecule has 0 bridgehead atoms. The van der Waals surface area contributed by atoms with Gasteiger partial charge in [0.1, 0.15) is 0 Å². The van der Waals surface area contributed by atoms with Crippen LogP contribution >= 0.6 is 0 Å². The molecule has 4 nitrogen and oxygen atoms in total. The molecule has 1 aliphatic carbocycles. The van der Waals surface area contributed by atoms with Crippen LogP contribution in [0.3, 0.4) is 0 Å². The normalized spacial score (nSPS) is 13.0. The van der Waals surface area contributed by atoms with Gasteiger partial charge in [-0.2, -0.15) is 9.97 Å². The Morgan fingerprint density at radius 3 is 1.75 bits per heavy atom. The molecule has 0 spiro atoms. The molecule has 8 aromatic carbocycles. The number of fused-ring (bicyclic) bond motifs is 7. The van der Waals surface area contributed by atoms with Gasteiger partial charge >= 0.3 is 0 Å². The Morgan fingerprint density at radius 2 is 0.982 bits per heavy atom. The van der Waals surface area contributed by atoms with E-state index in [1.54, 1.807) is 0 Å². The standard InChI is InChI=1S/C52H36N4/c1-52(2)45-28-11-9-21-39(45)42-26-15-25-41(47(42)52)38-24-13-20-33-30-31-36(32-44(33)38)37-23-14-27-43-40-22-10-12-29-46(40)56(48(37)43)51-54-49(34-16-5-3-6-17-34)53-50(55-51)35-18-7-4-8-19-35/h3-32H,1-2H3. The molecule has 2 heterocycles. The van der Waals surface area contributed by atoms with Crippen molar-refractivity contribution < 1.29 is 0 Å². The van der Waals surface area contributed by atoms with Crippen molar-refractivity contribution in [2.75, 3.05) is 0 Å². The highest BCUT2D eigenvalue weighted by Crippen LogP contribution is 2.53. The average molecular weight is 717 g/mol. The third-order valence-corrected chi connectivity index (χ3v) is 11.6. The molecule has 0 fully saturated rings. The number of hydrogen-bond acceptors (Lipinski definition) is 3. The van der Waals surface area contributed by atoms with E-state index in [9.17, 15) is 0 Å². The Labute approximate surface area is 325 Å². The van der Waals surface area contributed by atoms with Crippen LogP contribution in [0, 0.1) is 0 Å². The maximum Gasteiger partial charge on any atom is 0.238 e. The first kappa shape index (κ1) is 32.3. The first-order chi connectivity index (χ1) is 27.5. The van der Waals surface area contributed by atoms with E-state index in [4.69, 9.17) is 15.0 Å². The number of aromatic nitrogens is 4. The van der Waals surface area contributed by atoms with Gasteiger partial charge in [0.2, 0.25) is 5.95 Å². The van der Waals surface area contributed by atoms with Crippen molar-refractivity contribution in [2.45, 2.75) is 19.3 Å². The van der Waals surface area contributed by atoms with Crippen LogP contribution in [0.2, 0.25) is 0 Å². The smallest absolute Gasteiger partial charge is 0.238 e. The number of rotatable bonds is 5. The van der Waals surface area contributed by atoms with Crippen molar-refractivity contribution in [3.63, 3.8) is 0 Å². The van der Waals surface area contributed by atoms with E-state index >= 15 is 0 Å². The summed E-state index contributed by atoms with van der Waals surface area (Å²) in [6, 6.07) is 64.9. The number of hydrogen-bond donors (Lipinski definition) is 0. The van der Waals surface area contributed by atoms with Crippen LogP contribution in [-0.4, -0.2) is 19.5 Å². The molecule has 264 valence electrons. The lowest BCUT2D eigenvalue weighted by atomic mass is 9.78. The monoisotopic (exact) mass is 716 g/mol. The van der Waals surface area contributed by atoms with E-state index in [0.29, 0.717) is 17.6 Å². The maximum atomic E-state index is 5.22. The zero-order chi connectivity index (χ0) is 37.4. The predicted molar refractivity (Wildman–Crippen MR) is 231 cm³/mol. The molecule has 4 heteroatoms. The topological polar surface area (TPSA) is 43.6 Å². The Morgan fingerprint density at radius 1 is 0.411 bits per heavy atom. The summed E-state index contributed by atoms with van der Waals surface area (Å²) in [6.45, 7) is 4.73. The fraction of sp³-hybridized carbons (Fsp3) is 0.0577. The molecule has 2 aromatic heterocycles. The highest BCUT2D eigenvalue weighted by Gasteiger charge is 2.37. The van der Waals surface area contributed by atoms with Crippen LogP contribution < -0.4 is 0 Å². The second kappa shape index (κ2) is 12.4. The van der Waals surface area contributed by atoms with Crippen molar-refractivity contribution in [2.24, 2.45) is 0 Å². The van der Waals surface area contributed by atoms with Gasteiger partial charge in [-0.05, 0) is 61.8 Å². The lowest BCUT2D eigenvalue weighted by Gasteiger charge is -2.25. The largest absolute Gasteiger partial charge is 0.277 e. The van der Waals surface area contributed by atoms with Crippen LogP contribution in [0.15, 0.2) is 182 Å². The molecule has 0 unspecified atom stereocenters. The van der Waals surface area contributed by atoms with E-state index in [1.807, 2.05) is 36.4 Å². The van der Waals surface area contributed by atoms with Crippen molar-refractivity contribution in [1.29, 1.82) is 0 Å². The van der Waals surface area contributed by atoms with Crippen LogP contribution in [0.5, 0.6) is 0 Å². The van der Waals surface area contributed by atoms with Crippen LogP contribution in [-0.2, 0) is 5.41 Å². The minimum Gasteiger partial charge on any atom is -0.277 e. The lowest BCUT2D eigenvalue weighted by Crippen LogP contribution is -2.16. The average Bonchev–Trinajstić information content (AvgIpc) is 3.72. The van der Waals surface area contributed by atoms with E-state index in [0.717, 1.165) is 44.1 Å². The fourth-order valence-corrected chi connectivity index (χ4v) is 9.10. The van der Waals surface area contributed by atoms with Crippen molar-refractivity contribution in [3.05, 3.63) is 193 Å². The first-order valence-corrected chi connectivity index (χ1v) is 19.2. The highest BCUT2D eigenvalue weighted by atomic mass is 15.2. The van der Waals surface area contributed by atoms with Gasteiger partial charge in [0.05, 0.1) is 11.0 Å². The Bertz CT molecular complexity index is 3100. The minimum absolute atomic E-state index is 0.128. The summed E-state index contributed by atoms with van der Waals surface area (Å²) in [5.74, 6) is 1.85. The molecule has 0 saturated heterocycles. The summed E-state index contributed by atoms with van der Waals surface area (Å²) in [6.07, 6.45) is 0. The van der Waals surface area contributed by atoms with E-state index in [2.05, 4.69) is 164 Å².